The van der Waals surface area contributed by atoms with Crippen LogP contribution in [0.25, 0.3) is 27.9 Å². The second-order valence-electron chi connectivity index (χ2n) is 7.17. The number of halogens is 3. The molecule has 0 fully saturated rings. The fraction of sp³-hybridized carbons (Fsp3) is 0.190. The molecule has 0 unspecified atom stereocenters. The van der Waals surface area contributed by atoms with Crippen LogP contribution in [0.1, 0.15) is 17.0 Å². The Bertz CT molecular complexity index is 1410. The molecule has 0 bridgehead atoms. The third kappa shape index (κ3) is 3.84. The van der Waals surface area contributed by atoms with Crippen molar-refractivity contribution in [3.8, 4) is 17.4 Å². The van der Waals surface area contributed by atoms with Gasteiger partial charge in [0.15, 0.2) is 11.3 Å². The number of nitrogens with zero attached hydrogens (tertiary/aromatic N) is 6. The van der Waals surface area contributed by atoms with Gasteiger partial charge in [-0.15, -0.1) is 15.3 Å². The topological polar surface area (TPSA) is 91.2 Å². The van der Waals surface area contributed by atoms with Gasteiger partial charge in [-0.1, -0.05) is 29.4 Å². The minimum absolute atomic E-state index is 0.0231. The fourth-order valence-electron chi connectivity index (χ4n) is 3.31. The molecule has 0 aliphatic rings. The number of hydrogen-bond acceptors (Lipinski definition) is 7. The van der Waals surface area contributed by atoms with Crippen molar-refractivity contribution in [2.75, 3.05) is 0 Å². The van der Waals surface area contributed by atoms with Crippen LogP contribution < -0.4 is 4.74 Å². The van der Waals surface area contributed by atoms with Crippen molar-refractivity contribution in [1.29, 1.82) is 0 Å². The van der Waals surface area contributed by atoms with Crippen LogP contribution in [0.3, 0.4) is 0 Å². The molecular formula is C21H15F3N6O2. The van der Waals surface area contributed by atoms with Gasteiger partial charge in [0.2, 0.25) is 11.7 Å². The van der Waals surface area contributed by atoms with Crippen LogP contribution in [0.4, 0.5) is 13.2 Å². The van der Waals surface area contributed by atoms with Gasteiger partial charge in [-0.05, 0) is 24.6 Å². The number of hydrogen-bond donors (Lipinski definition) is 0. The zero-order valence-electron chi connectivity index (χ0n) is 16.7. The summed E-state index contributed by atoms with van der Waals surface area (Å²) in [5.41, 5.74) is 1.56. The molecule has 32 heavy (non-hydrogen) atoms. The number of alkyl halides is 3. The summed E-state index contributed by atoms with van der Waals surface area (Å²) in [6, 6.07) is 12.0. The summed E-state index contributed by atoms with van der Waals surface area (Å²) < 4.78 is 50.2. The summed E-state index contributed by atoms with van der Waals surface area (Å²) in [6.45, 7) is 1.79. The maximum absolute atomic E-state index is 12.5. The lowest BCUT2D eigenvalue weighted by atomic mass is 10.2. The first-order valence-corrected chi connectivity index (χ1v) is 9.58. The standard InChI is InChI=1S/C21H15F3N6O2/c1-12-8-17(29-32-12)19-27-26-18-15-4-2-3-5-16(15)20(28-30(18)19)31-11-14-7-6-13(10-25-14)9-21(22,23)24/h2-8,10H,9,11H2,1H3. The van der Waals surface area contributed by atoms with Crippen molar-refractivity contribution in [3.63, 3.8) is 0 Å². The molecule has 0 radical (unpaired) electrons. The van der Waals surface area contributed by atoms with E-state index in [4.69, 9.17) is 9.26 Å². The summed E-state index contributed by atoms with van der Waals surface area (Å²) in [5.74, 6) is 1.31. The predicted octanol–water partition coefficient (Wildman–Crippen LogP) is 4.32. The molecule has 5 rings (SSSR count). The maximum atomic E-state index is 12.5. The number of benzene rings is 1. The number of ether oxygens (including phenoxy) is 1. The largest absolute Gasteiger partial charge is 0.470 e. The number of aromatic nitrogens is 6. The highest BCUT2D eigenvalue weighted by Crippen LogP contribution is 2.29. The highest BCUT2D eigenvalue weighted by molar-refractivity contribution is 5.96. The molecule has 0 spiro atoms. The van der Waals surface area contributed by atoms with E-state index in [9.17, 15) is 13.2 Å². The molecule has 162 valence electrons. The van der Waals surface area contributed by atoms with E-state index >= 15 is 0 Å². The van der Waals surface area contributed by atoms with E-state index in [0.717, 1.165) is 5.39 Å². The van der Waals surface area contributed by atoms with Gasteiger partial charge in [0.05, 0.1) is 12.1 Å². The minimum atomic E-state index is -4.28. The van der Waals surface area contributed by atoms with E-state index in [1.807, 2.05) is 24.3 Å². The maximum Gasteiger partial charge on any atom is 0.393 e. The lowest BCUT2D eigenvalue weighted by Crippen LogP contribution is -2.12. The molecule has 5 aromatic rings. The van der Waals surface area contributed by atoms with Crippen molar-refractivity contribution < 1.29 is 22.4 Å². The van der Waals surface area contributed by atoms with E-state index < -0.39 is 12.6 Å². The molecule has 0 amide bonds. The van der Waals surface area contributed by atoms with Crippen LogP contribution in [-0.4, -0.2) is 36.1 Å². The molecule has 4 aromatic heterocycles. The van der Waals surface area contributed by atoms with Crippen molar-refractivity contribution in [2.24, 2.45) is 0 Å². The van der Waals surface area contributed by atoms with E-state index in [1.165, 1.54) is 22.8 Å². The Balaban J connectivity index is 1.49. The van der Waals surface area contributed by atoms with E-state index in [1.54, 1.807) is 13.0 Å². The van der Waals surface area contributed by atoms with Crippen LogP contribution in [0.15, 0.2) is 53.2 Å². The minimum Gasteiger partial charge on any atom is -0.470 e. The predicted molar refractivity (Wildman–Crippen MR) is 107 cm³/mol. The molecule has 0 saturated carbocycles. The Morgan fingerprint density at radius 3 is 2.56 bits per heavy atom. The van der Waals surface area contributed by atoms with E-state index in [2.05, 4.69) is 25.4 Å². The second-order valence-corrected chi connectivity index (χ2v) is 7.17. The summed E-state index contributed by atoms with van der Waals surface area (Å²) in [5, 5.41) is 18.4. The van der Waals surface area contributed by atoms with Crippen molar-refractivity contribution in [1.82, 2.24) is 30.0 Å². The van der Waals surface area contributed by atoms with Gasteiger partial charge in [0.25, 0.3) is 0 Å². The number of rotatable bonds is 5. The zero-order chi connectivity index (χ0) is 22.3. The monoisotopic (exact) mass is 440 g/mol. The highest BCUT2D eigenvalue weighted by Gasteiger charge is 2.27. The average molecular weight is 440 g/mol. The Kier molecular flexibility index (Phi) is 4.72. The van der Waals surface area contributed by atoms with Crippen LogP contribution >= 0.6 is 0 Å². The number of pyridine rings is 1. The molecule has 0 aliphatic heterocycles. The van der Waals surface area contributed by atoms with Gasteiger partial charge in [0, 0.05) is 23.0 Å². The average Bonchev–Trinajstić information content (AvgIpc) is 3.38. The second kappa shape index (κ2) is 7.59. The van der Waals surface area contributed by atoms with Crippen molar-refractivity contribution in [2.45, 2.75) is 26.1 Å². The fourth-order valence-corrected chi connectivity index (χ4v) is 3.31. The van der Waals surface area contributed by atoms with Crippen LogP contribution in [0.5, 0.6) is 5.88 Å². The first-order chi connectivity index (χ1) is 15.4. The molecule has 11 heteroatoms. The van der Waals surface area contributed by atoms with E-state index in [-0.39, 0.29) is 12.2 Å². The number of fused-ring (bicyclic) bond motifs is 3. The molecule has 4 heterocycles. The lowest BCUT2D eigenvalue weighted by molar-refractivity contribution is -0.127. The first kappa shape index (κ1) is 19.9. The molecule has 8 nitrogen and oxygen atoms in total. The summed E-state index contributed by atoms with van der Waals surface area (Å²) in [7, 11) is 0. The SMILES string of the molecule is Cc1cc(-c2nnc3c4ccccc4c(OCc4ccc(CC(F)(F)F)cn4)nn23)no1. The third-order valence-electron chi connectivity index (χ3n) is 4.73. The van der Waals surface area contributed by atoms with Gasteiger partial charge in [0.1, 0.15) is 12.4 Å². The van der Waals surface area contributed by atoms with Crippen LogP contribution in [0, 0.1) is 6.92 Å². The molecule has 1 aromatic carbocycles. The quantitative estimate of drug-likeness (QED) is 0.402. The summed E-state index contributed by atoms with van der Waals surface area (Å²) in [4.78, 5) is 4.07. The van der Waals surface area contributed by atoms with Gasteiger partial charge >= 0.3 is 6.18 Å². The lowest BCUT2D eigenvalue weighted by Gasteiger charge is -2.10. The Morgan fingerprint density at radius 1 is 1.06 bits per heavy atom. The van der Waals surface area contributed by atoms with Gasteiger partial charge in [-0.25, -0.2) is 0 Å². The molecule has 0 saturated heterocycles. The van der Waals surface area contributed by atoms with Gasteiger partial charge in [-0.3, -0.25) is 4.98 Å². The van der Waals surface area contributed by atoms with Crippen molar-refractivity contribution >= 4 is 16.4 Å². The summed E-state index contributed by atoms with van der Waals surface area (Å²) in [6.07, 6.45) is -4.11. The normalized spacial score (nSPS) is 12.0. The first-order valence-electron chi connectivity index (χ1n) is 9.58. The van der Waals surface area contributed by atoms with Crippen LogP contribution in [0.2, 0.25) is 0 Å². The van der Waals surface area contributed by atoms with Gasteiger partial charge in [-0.2, -0.15) is 17.7 Å². The molecule has 0 N–H and O–H groups in total. The third-order valence-corrected chi connectivity index (χ3v) is 4.73. The van der Waals surface area contributed by atoms with Gasteiger partial charge < -0.3 is 9.26 Å². The van der Waals surface area contributed by atoms with E-state index in [0.29, 0.717) is 39.9 Å². The van der Waals surface area contributed by atoms with Crippen molar-refractivity contribution in [3.05, 3.63) is 65.7 Å². The zero-order valence-corrected chi connectivity index (χ0v) is 16.7. The van der Waals surface area contributed by atoms with Crippen LogP contribution in [-0.2, 0) is 13.0 Å². The Hall–Kier alpha value is -4.02. The molecule has 0 aliphatic carbocycles. The summed E-state index contributed by atoms with van der Waals surface area (Å²) >= 11 is 0. The Morgan fingerprint density at radius 2 is 1.88 bits per heavy atom. The smallest absolute Gasteiger partial charge is 0.393 e. The molecular weight excluding hydrogens is 425 g/mol. The Labute approximate surface area is 178 Å². The number of aryl methyl sites for hydroxylation is 1. The molecule has 0 atom stereocenters. The highest BCUT2D eigenvalue weighted by atomic mass is 19.4.